The molecule has 2 rings (SSSR count). The van der Waals surface area contributed by atoms with Crippen molar-refractivity contribution < 1.29 is 9.53 Å². The first-order chi connectivity index (χ1) is 10.1. The maximum Gasteiger partial charge on any atom is 0.225 e. The lowest BCUT2D eigenvalue weighted by molar-refractivity contribution is -0.121. The van der Waals surface area contributed by atoms with Crippen LogP contribution in [0, 0.1) is 6.92 Å². The molecule has 112 valence electrons. The van der Waals surface area contributed by atoms with Gasteiger partial charge in [-0.25, -0.2) is 4.98 Å². The molecule has 1 aromatic carbocycles. The van der Waals surface area contributed by atoms with Crippen LogP contribution in [0.1, 0.15) is 34.1 Å². The standard InChI is InChI=1S/C16H20N2O2S/c1-11(13-7-5-4-6-8-13)17-15(19)9-14-12(2)18-16(21-14)10-20-3/h4-8,11H,9-10H2,1-3H3,(H,17,19). The number of benzene rings is 1. The van der Waals surface area contributed by atoms with Crippen molar-refractivity contribution in [2.24, 2.45) is 0 Å². The van der Waals surface area contributed by atoms with Gasteiger partial charge in [0, 0.05) is 12.0 Å². The number of hydrogen-bond donors (Lipinski definition) is 1. The highest BCUT2D eigenvalue weighted by Crippen LogP contribution is 2.20. The Hall–Kier alpha value is -1.72. The van der Waals surface area contributed by atoms with Crippen molar-refractivity contribution in [3.63, 3.8) is 0 Å². The van der Waals surface area contributed by atoms with Gasteiger partial charge in [-0.3, -0.25) is 4.79 Å². The number of carbonyl (C=O) groups is 1. The summed E-state index contributed by atoms with van der Waals surface area (Å²) >= 11 is 1.54. The first-order valence-corrected chi connectivity index (χ1v) is 7.70. The Morgan fingerprint density at radius 1 is 1.38 bits per heavy atom. The topological polar surface area (TPSA) is 51.2 Å². The second kappa shape index (κ2) is 7.33. The molecule has 0 radical (unpaired) electrons. The van der Waals surface area contributed by atoms with Gasteiger partial charge in [-0.1, -0.05) is 30.3 Å². The van der Waals surface area contributed by atoms with E-state index < -0.39 is 0 Å². The zero-order valence-corrected chi connectivity index (χ0v) is 13.4. The van der Waals surface area contributed by atoms with Gasteiger partial charge >= 0.3 is 0 Å². The van der Waals surface area contributed by atoms with Gasteiger partial charge < -0.3 is 10.1 Å². The van der Waals surface area contributed by atoms with Crippen LogP contribution < -0.4 is 5.32 Å². The molecule has 0 saturated heterocycles. The fraction of sp³-hybridized carbons (Fsp3) is 0.375. The van der Waals surface area contributed by atoms with E-state index in [1.165, 1.54) is 11.3 Å². The molecule has 4 nitrogen and oxygen atoms in total. The first-order valence-electron chi connectivity index (χ1n) is 6.88. The monoisotopic (exact) mass is 304 g/mol. The van der Waals surface area contributed by atoms with E-state index in [0.29, 0.717) is 13.0 Å². The number of thiazole rings is 1. The van der Waals surface area contributed by atoms with Crippen molar-refractivity contribution in [3.8, 4) is 0 Å². The summed E-state index contributed by atoms with van der Waals surface area (Å²) in [6, 6.07) is 9.95. The predicted molar refractivity (Wildman–Crippen MR) is 84.3 cm³/mol. The number of carbonyl (C=O) groups excluding carboxylic acids is 1. The summed E-state index contributed by atoms with van der Waals surface area (Å²) in [4.78, 5) is 17.6. The Morgan fingerprint density at radius 3 is 2.76 bits per heavy atom. The zero-order chi connectivity index (χ0) is 15.2. The van der Waals surface area contributed by atoms with Crippen LogP contribution in [0.3, 0.4) is 0 Å². The Bertz CT molecular complexity index is 596. The van der Waals surface area contributed by atoms with Crippen LogP contribution in [0.25, 0.3) is 0 Å². The van der Waals surface area contributed by atoms with Crippen LogP contribution in [-0.2, 0) is 22.6 Å². The van der Waals surface area contributed by atoms with Crippen molar-refractivity contribution in [1.29, 1.82) is 0 Å². The number of hydrogen-bond acceptors (Lipinski definition) is 4. The fourth-order valence-corrected chi connectivity index (χ4v) is 3.14. The molecule has 0 aliphatic carbocycles. The molecule has 1 heterocycles. The van der Waals surface area contributed by atoms with Gasteiger partial charge in [0.1, 0.15) is 5.01 Å². The largest absolute Gasteiger partial charge is 0.378 e. The number of ether oxygens (including phenoxy) is 1. The van der Waals surface area contributed by atoms with Crippen molar-refractivity contribution in [2.45, 2.75) is 32.9 Å². The van der Waals surface area contributed by atoms with E-state index in [9.17, 15) is 4.79 Å². The van der Waals surface area contributed by atoms with E-state index in [0.717, 1.165) is 21.1 Å². The zero-order valence-electron chi connectivity index (χ0n) is 12.6. The molecular weight excluding hydrogens is 284 g/mol. The number of nitrogens with zero attached hydrogens (tertiary/aromatic N) is 1. The lowest BCUT2D eigenvalue weighted by atomic mass is 10.1. The Balaban J connectivity index is 1.95. The highest BCUT2D eigenvalue weighted by Gasteiger charge is 2.14. The minimum atomic E-state index is 0.00498. The second-order valence-corrected chi connectivity index (χ2v) is 6.09. The molecule has 0 fully saturated rings. The highest BCUT2D eigenvalue weighted by atomic mass is 32.1. The third kappa shape index (κ3) is 4.37. The van der Waals surface area contributed by atoms with Gasteiger partial charge in [0.05, 0.1) is 24.8 Å². The number of nitrogens with one attached hydrogen (secondary N) is 1. The van der Waals surface area contributed by atoms with E-state index in [1.807, 2.05) is 44.2 Å². The summed E-state index contributed by atoms with van der Waals surface area (Å²) in [6.45, 7) is 4.41. The number of methoxy groups -OCH3 is 1. The lowest BCUT2D eigenvalue weighted by Crippen LogP contribution is -2.28. The molecule has 1 amide bonds. The Kier molecular flexibility index (Phi) is 5.47. The van der Waals surface area contributed by atoms with Crippen LogP contribution in [0.5, 0.6) is 0 Å². The molecule has 1 atom stereocenters. The summed E-state index contributed by atoms with van der Waals surface area (Å²) < 4.78 is 5.07. The van der Waals surface area contributed by atoms with E-state index in [-0.39, 0.29) is 11.9 Å². The normalized spacial score (nSPS) is 12.1. The number of rotatable bonds is 6. The van der Waals surface area contributed by atoms with Gasteiger partial charge in [0.2, 0.25) is 5.91 Å². The molecule has 1 unspecified atom stereocenters. The minimum Gasteiger partial charge on any atom is -0.378 e. The third-order valence-electron chi connectivity index (χ3n) is 3.20. The first kappa shape index (κ1) is 15.7. The molecule has 0 spiro atoms. The van der Waals surface area contributed by atoms with Gasteiger partial charge in [0.25, 0.3) is 0 Å². The van der Waals surface area contributed by atoms with Crippen LogP contribution in [-0.4, -0.2) is 18.0 Å². The molecule has 21 heavy (non-hydrogen) atoms. The molecule has 5 heteroatoms. The summed E-state index contributed by atoms with van der Waals surface area (Å²) in [7, 11) is 1.64. The Labute approximate surface area is 129 Å². The average Bonchev–Trinajstić information content (AvgIpc) is 2.80. The smallest absolute Gasteiger partial charge is 0.225 e. The summed E-state index contributed by atoms with van der Waals surface area (Å²) in [5, 5.41) is 3.93. The van der Waals surface area contributed by atoms with E-state index in [4.69, 9.17) is 4.74 Å². The highest BCUT2D eigenvalue weighted by molar-refractivity contribution is 7.11. The van der Waals surface area contributed by atoms with Crippen molar-refractivity contribution >= 4 is 17.2 Å². The quantitative estimate of drug-likeness (QED) is 0.892. The van der Waals surface area contributed by atoms with Crippen molar-refractivity contribution in [2.75, 3.05) is 7.11 Å². The van der Waals surface area contributed by atoms with Crippen LogP contribution >= 0.6 is 11.3 Å². The van der Waals surface area contributed by atoms with Gasteiger partial charge in [-0.05, 0) is 19.4 Å². The molecule has 0 aliphatic rings. The van der Waals surface area contributed by atoms with Gasteiger partial charge in [-0.2, -0.15) is 0 Å². The second-order valence-electron chi connectivity index (χ2n) is 4.93. The minimum absolute atomic E-state index is 0.00498. The molecule has 1 N–H and O–H groups in total. The summed E-state index contributed by atoms with van der Waals surface area (Å²) in [5.41, 5.74) is 2.02. The molecular formula is C16H20N2O2S. The van der Waals surface area contributed by atoms with Gasteiger partial charge in [-0.15, -0.1) is 11.3 Å². The molecule has 2 aromatic rings. The van der Waals surface area contributed by atoms with Crippen LogP contribution in [0.2, 0.25) is 0 Å². The number of aryl methyl sites for hydroxylation is 1. The SMILES string of the molecule is COCc1nc(C)c(CC(=O)NC(C)c2ccccc2)s1. The molecule has 0 saturated carbocycles. The summed E-state index contributed by atoms with van der Waals surface area (Å²) in [5.74, 6) is 0.0158. The molecule has 0 aliphatic heterocycles. The maximum absolute atomic E-state index is 12.2. The van der Waals surface area contributed by atoms with Crippen LogP contribution in [0.4, 0.5) is 0 Å². The van der Waals surface area contributed by atoms with Gasteiger partial charge in [0.15, 0.2) is 0 Å². The summed E-state index contributed by atoms with van der Waals surface area (Å²) in [6.07, 6.45) is 0.365. The number of amides is 1. The lowest BCUT2D eigenvalue weighted by Gasteiger charge is -2.13. The Morgan fingerprint density at radius 2 is 2.10 bits per heavy atom. The predicted octanol–water partition coefficient (Wildman–Crippen LogP) is 3.02. The van der Waals surface area contributed by atoms with Crippen molar-refractivity contribution in [1.82, 2.24) is 10.3 Å². The third-order valence-corrected chi connectivity index (χ3v) is 4.33. The van der Waals surface area contributed by atoms with Crippen molar-refractivity contribution in [3.05, 3.63) is 51.5 Å². The van der Waals surface area contributed by atoms with E-state index >= 15 is 0 Å². The maximum atomic E-state index is 12.2. The van der Waals surface area contributed by atoms with E-state index in [1.54, 1.807) is 7.11 Å². The molecule has 1 aromatic heterocycles. The average molecular weight is 304 g/mol. The van der Waals surface area contributed by atoms with Crippen LogP contribution in [0.15, 0.2) is 30.3 Å². The number of aromatic nitrogens is 1. The molecule has 0 bridgehead atoms. The van der Waals surface area contributed by atoms with E-state index in [2.05, 4.69) is 10.3 Å². The fourth-order valence-electron chi connectivity index (χ4n) is 2.10.